The minimum absolute atomic E-state index is 0.0120. The molecule has 98 valence electrons. The van der Waals surface area contributed by atoms with Crippen molar-refractivity contribution in [3.63, 3.8) is 0 Å². The van der Waals surface area contributed by atoms with E-state index in [-0.39, 0.29) is 6.04 Å². The maximum atomic E-state index is 4.40. The Kier molecular flexibility index (Phi) is 2.82. The van der Waals surface area contributed by atoms with Gasteiger partial charge in [-0.25, -0.2) is 9.97 Å². The number of nitrogens with one attached hydrogen (secondary N) is 2. The highest BCUT2D eigenvalue weighted by Gasteiger charge is 2.12. The molecule has 1 atom stereocenters. The van der Waals surface area contributed by atoms with Crippen LogP contribution in [-0.4, -0.2) is 34.8 Å². The summed E-state index contributed by atoms with van der Waals surface area (Å²) in [5.41, 5.74) is 0.966. The monoisotopic (exact) mass is 258 g/mol. The molecule has 0 bridgehead atoms. The van der Waals surface area contributed by atoms with Crippen LogP contribution in [-0.2, 0) is 6.42 Å². The molecule has 0 spiro atoms. The summed E-state index contributed by atoms with van der Waals surface area (Å²) in [6.07, 6.45) is 3.82. The second-order valence-corrected chi connectivity index (χ2v) is 4.19. The zero-order valence-electron chi connectivity index (χ0n) is 10.7. The van der Waals surface area contributed by atoms with E-state index in [0.29, 0.717) is 5.78 Å². The Hall–Kier alpha value is -2.51. The first-order chi connectivity index (χ1) is 9.28. The number of rotatable bonds is 4. The number of hydrogen-bond donors (Lipinski definition) is 2. The second kappa shape index (κ2) is 4.63. The summed E-state index contributed by atoms with van der Waals surface area (Å²) in [5.74, 6) is 2.19. The zero-order chi connectivity index (χ0) is 13.2. The van der Waals surface area contributed by atoms with Crippen LogP contribution in [0.4, 0.5) is 5.82 Å². The number of aromatic amines is 1. The molecule has 19 heavy (non-hydrogen) atoms. The van der Waals surface area contributed by atoms with Gasteiger partial charge >= 0.3 is 0 Å². The summed E-state index contributed by atoms with van der Waals surface area (Å²) in [5, 5.41) is 14.2. The third kappa shape index (κ3) is 2.12. The van der Waals surface area contributed by atoms with Gasteiger partial charge in [-0.15, -0.1) is 0 Å². The fourth-order valence-electron chi connectivity index (χ4n) is 1.86. The molecular formula is C11H14N8. The third-order valence-corrected chi connectivity index (χ3v) is 2.88. The van der Waals surface area contributed by atoms with E-state index in [1.54, 1.807) is 4.52 Å². The van der Waals surface area contributed by atoms with Crippen LogP contribution >= 0.6 is 0 Å². The van der Waals surface area contributed by atoms with Crippen LogP contribution in [0, 0.1) is 0 Å². The van der Waals surface area contributed by atoms with Crippen molar-refractivity contribution in [3.05, 3.63) is 30.2 Å². The van der Waals surface area contributed by atoms with E-state index >= 15 is 0 Å². The molecule has 0 amide bonds. The number of aromatic nitrogens is 7. The van der Waals surface area contributed by atoms with E-state index in [1.807, 2.05) is 13.0 Å². The molecule has 3 heterocycles. The highest BCUT2D eigenvalue weighted by molar-refractivity contribution is 5.45. The molecular weight excluding hydrogens is 244 g/mol. The minimum atomic E-state index is -0.0120. The Morgan fingerprint density at radius 3 is 3.00 bits per heavy atom. The number of hydrogen-bond acceptors (Lipinski definition) is 6. The second-order valence-electron chi connectivity index (χ2n) is 4.19. The molecule has 8 nitrogen and oxygen atoms in total. The predicted molar refractivity (Wildman–Crippen MR) is 68.6 cm³/mol. The first-order valence-corrected chi connectivity index (χ1v) is 6.09. The SMILES string of the molecule is CCc1cc(NC(C)c2ncn[nH]2)n2ncnc2n1. The summed E-state index contributed by atoms with van der Waals surface area (Å²) in [4.78, 5) is 12.7. The molecule has 0 aliphatic rings. The van der Waals surface area contributed by atoms with E-state index in [9.17, 15) is 0 Å². The normalized spacial score (nSPS) is 12.7. The van der Waals surface area contributed by atoms with Gasteiger partial charge in [0.25, 0.3) is 5.78 Å². The highest BCUT2D eigenvalue weighted by Crippen LogP contribution is 2.17. The summed E-state index contributed by atoms with van der Waals surface area (Å²) in [7, 11) is 0. The molecule has 0 fully saturated rings. The fraction of sp³-hybridized carbons (Fsp3) is 0.364. The van der Waals surface area contributed by atoms with Crippen molar-refractivity contribution in [1.29, 1.82) is 0 Å². The Balaban J connectivity index is 1.97. The van der Waals surface area contributed by atoms with E-state index in [2.05, 4.69) is 42.5 Å². The molecule has 3 aromatic heterocycles. The van der Waals surface area contributed by atoms with Crippen LogP contribution < -0.4 is 5.32 Å². The molecule has 2 N–H and O–H groups in total. The third-order valence-electron chi connectivity index (χ3n) is 2.88. The Labute approximate surface area is 109 Å². The van der Waals surface area contributed by atoms with Crippen molar-refractivity contribution in [3.8, 4) is 0 Å². The topological polar surface area (TPSA) is 96.7 Å². The first-order valence-electron chi connectivity index (χ1n) is 6.09. The minimum Gasteiger partial charge on any atom is -0.360 e. The van der Waals surface area contributed by atoms with E-state index in [1.165, 1.54) is 12.7 Å². The molecule has 0 radical (unpaired) electrons. The Morgan fingerprint density at radius 2 is 2.26 bits per heavy atom. The Bertz CT molecular complexity index is 671. The first kappa shape index (κ1) is 11.6. The van der Waals surface area contributed by atoms with Gasteiger partial charge in [-0.05, 0) is 13.3 Å². The van der Waals surface area contributed by atoms with E-state index < -0.39 is 0 Å². The number of aryl methyl sites for hydroxylation is 1. The average Bonchev–Trinajstić information content (AvgIpc) is 3.09. The van der Waals surface area contributed by atoms with Crippen molar-refractivity contribution in [2.75, 3.05) is 5.32 Å². The van der Waals surface area contributed by atoms with Crippen LogP contribution in [0.5, 0.6) is 0 Å². The van der Waals surface area contributed by atoms with Gasteiger partial charge in [0.05, 0.1) is 6.04 Å². The van der Waals surface area contributed by atoms with Crippen molar-refractivity contribution in [1.82, 2.24) is 34.8 Å². The van der Waals surface area contributed by atoms with Crippen LogP contribution in [0.2, 0.25) is 0 Å². The van der Waals surface area contributed by atoms with E-state index in [0.717, 1.165) is 23.8 Å². The molecule has 0 saturated carbocycles. The number of fused-ring (bicyclic) bond motifs is 1. The van der Waals surface area contributed by atoms with Gasteiger partial charge in [0, 0.05) is 11.8 Å². The summed E-state index contributed by atoms with van der Waals surface area (Å²) < 4.78 is 1.67. The van der Waals surface area contributed by atoms with Crippen molar-refractivity contribution in [2.24, 2.45) is 0 Å². The number of anilines is 1. The lowest BCUT2D eigenvalue weighted by Crippen LogP contribution is -2.13. The van der Waals surface area contributed by atoms with E-state index in [4.69, 9.17) is 0 Å². The van der Waals surface area contributed by atoms with Gasteiger partial charge in [-0.1, -0.05) is 6.92 Å². The fourth-order valence-corrected chi connectivity index (χ4v) is 1.86. The lowest BCUT2D eigenvalue weighted by atomic mass is 10.3. The van der Waals surface area contributed by atoms with Gasteiger partial charge in [0.1, 0.15) is 24.3 Å². The van der Waals surface area contributed by atoms with Gasteiger partial charge in [-0.2, -0.15) is 19.7 Å². The smallest absolute Gasteiger partial charge is 0.254 e. The summed E-state index contributed by atoms with van der Waals surface area (Å²) >= 11 is 0. The van der Waals surface area contributed by atoms with Crippen LogP contribution in [0.1, 0.15) is 31.4 Å². The molecule has 0 aliphatic heterocycles. The number of nitrogens with zero attached hydrogens (tertiary/aromatic N) is 6. The van der Waals surface area contributed by atoms with Crippen molar-refractivity contribution >= 4 is 11.6 Å². The quantitative estimate of drug-likeness (QED) is 0.724. The van der Waals surface area contributed by atoms with Crippen LogP contribution in [0.3, 0.4) is 0 Å². The van der Waals surface area contributed by atoms with Gasteiger partial charge < -0.3 is 5.32 Å². The molecule has 8 heteroatoms. The number of H-pyrrole nitrogens is 1. The molecule has 3 aromatic rings. The van der Waals surface area contributed by atoms with Gasteiger partial charge in [0.15, 0.2) is 0 Å². The molecule has 0 aromatic carbocycles. The predicted octanol–water partition coefficient (Wildman–Crippen LogP) is 0.978. The maximum absolute atomic E-state index is 4.40. The summed E-state index contributed by atoms with van der Waals surface area (Å²) in [6.45, 7) is 4.05. The largest absolute Gasteiger partial charge is 0.360 e. The molecule has 1 unspecified atom stereocenters. The van der Waals surface area contributed by atoms with Gasteiger partial charge in [0.2, 0.25) is 0 Å². The molecule has 0 saturated heterocycles. The van der Waals surface area contributed by atoms with Crippen molar-refractivity contribution < 1.29 is 0 Å². The Morgan fingerprint density at radius 1 is 1.37 bits per heavy atom. The van der Waals surface area contributed by atoms with Gasteiger partial charge in [-0.3, -0.25) is 5.10 Å². The zero-order valence-corrected chi connectivity index (χ0v) is 10.7. The lowest BCUT2D eigenvalue weighted by molar-refractivity contribution is 0.774. The molecule has 3 rings (SSSR count). The summed E-state index contributed by atoms with van der Waals surface area (Å²) in [6, 6.07) is 1.95. The molecule has 0 aliphatic carbocycles. The standard InChI is InChI=1S/C11H14N8/c1-3-8-4-9(19-11(17-8)13-6-15-19)16-7(2)10-12-5-14-18-10/h4-7,16H,3H2,1-2H3,(H,12,14,18). The van der Waals surface area contributed by atoms with Crippen LogP contribution in [0.25, 0.3) is 5.78 Å². The lowest BCUT2D eigenvalue weighted by Gasteiger charge is -2.13. The van der Waals surface area contributed by atoms with Crippen molar-refractivity contribution in [2.45, 2.75) is 26.3 Å². The van der Waals surface area contributed by atoms with Crippen LogP contribution in [0.15, 0.2) is 18.7 Å². The highest BCUT2D eigenvalue weighted by atomic mass is 15.4. The average molecular weight is 258 g/mol. The maximum Gasteiger partial charge on any atom is 0.254 e.